The van der Waals surface area contributed by atoms with Gasteiger partial charge in [-0.1, -0.05) is 133 Å². The molecule has 0 amide bonds. The molecular weight excluding hydrogens is 634 g/mol. The summed E-state index contributed by atoms with van der Waals surface area (Å²) in [6, 6.07) is 67.0. The van der Waals surface area contributed by atoms with E-state index in [1.165, 1.54) is 32.3 Å². The topological polar surface area (TPSA) is 18.5 Å². The molecular formula is C45H46O2P2+2. The third-order valence-corrected chi connectivity index (χ3v) is 18.8. The molecule has 6 aromatic carbocycles. The number of rotatable bonds is 12. The predicted molar refractivity (Wildman–Crippen MR) is 212 cm³/mol. The zero-order chi connectivity index (χ0) is 33.6. The minimum atomic E-state index is -2.03. The van der Waals surface area contributed by atoms with E-state index in [4.69, 9.17) is 9.47 Å². The second-order valence-electron chi connectivity index (χ2n) is 13.6. The molecule has 246 valence electrons. The molecule has 0 N–H and O–H groups in total. The van der Waals surface area contributed by atoms with Crippen molar-refractivity contribution in [2.75, 3.05) is 12.3 Å². The molecule has 1 aliphatic heterocycles. The highest BCUT2D eigenvalue weighted by Crippen LogP contribution is 2.64. The Morgan fingerprint density at radius 1 is 0.388 bits per heavy atom. The molecule has 1 heterocycles. The summed E-state index contributed by atoms with van der Waals surface area (Å²) >= 11 is 0. The van der Waals surface area contributed by atoms with Crippen LogP contribution in [0.4, 0.5) is 0 Å². The Labute approximate surface area is 293 Å². The van der Waals surface area contributed by atoms with E-state index in [0.717, 1.165) is 24.6 Å². The van der Waals surface area contributed by atoms with Gasteiger partial charge in [-0.15, -0.1) is 0 Å². The van der Waals surface area contributed by atoms with Crippen LogP contribution in [0.3, 0.4) is 0 Å². The van der Waals surface area contributed by atoms with E-state index in [0.29, 0.717) is 0 Å². The fourth-order valence-electron chi connectivity index (χ4n) is 7.69. The van der Waals surface area contributed by atoms with Gasteiger partial charge in [-0.25, -0.2) is 0 Å². The van der Waals surface area contributed by atoms with Crippen LogP contribution in [0.25, 0.3) is 0 Å². The molecule has 49 heavy (non-hydrogen) atoms. The van der Waals surface area contributed by atoms with Gasteiger partial charge in [0.1, 0.15) is 12.2 Å². The van der Waals surface area contributed by atoms with Crippen LogP contribution in [-0.2, 0) is 21.8 Å². The number of benzene rings is 6. The Bertz CT molecular complexity index is 1660. The minimum absolute atomic E-state index is 0.0879. The monoisotopic (exact) mass is 680 g/mol. The Kier molecular flexibility index (Phi) is 10.2. The molecule has 0 aliphatic carbocycles. The molecule has 1 saturated heterocycles. The van der Waals surface area contributed by atoms with E-state index in [2.05, 4.69) is 196 Å². The summed E-state index contributed by atoms with van der Waals surface area (Å²) in [5.41, 5.74) is 2.72. The first-order valence-electron chi connectivity index (χ1n) is 17.4. The van der Waals surface area contributed by atoms with Crippen molar-refractivity contribution in [2.24, 2.45) is 0 Å². The van der Waals surface area contributed by atoms with Gasteiger partial charge in [0.2, 0.25) is 0 Å². The molecule has 0 unspecified atom stereocenters. The average molecular weight is 681 g/mol. The van der Waals surface area contributed by atoms with E-state index in [1.807, 2.05) is 0 Å². The first-order valence-corrected chi connectivity index (χ1v) is 21.7. The molecule has 1 aliphatic rings. The third-order valence-electron chi connectivity index (χ3n) is 9.86. The molecule has 0 bridgehead atoms. The van der Waals surface area contributed by atoms with Crippen molar-refractivity contribution in [2.45, 2.75) is 44.2 Å². The maximum absolute atomic E-state index is 7.09. The van der Waals surface area contributed by atoms with Gasteiger partial charge in [0.15, 0.2) is 5.79 Å². The van der Waals surface area contributed by atoms with Crippen LogP contribution in [0.1, 0.15) is 25.0 Å². The predicted octanol–water partition coefficient (Wildman–Crippen LogP) is 9.24. The average Bonchev–Trinajstić information content (AvgIpc) is 3.44. The molecule has 4 heteroatoms. The second kappa shape index (κ2) is 14.9. The molecule has 2 nitrogen and oxygen atoms in total. The van der Waals surface area contributed by atoms with Crippen LogP contribution < -0.4 is 21.2 Å². The van der Waals surface area contributed by atoms with Crippen molar-refractivity contribution in [1.82, 2.24) is 0 Å². The molecule has 1 fully saturated rings. The maximum Gasteiger partial charge on any atom is 0.164 e. The molecule has 0 radical (unpaired) electrons. The minimum Gasteiger partial charge on any atom is -0.341 e. The highest BCUT2D eigenvalue weighted by molar-refractivity contribution is 7.89. The standard InChI is InChI=1S/C45H46O2P2/c1-45(2)46-43(35-48(39-25-13-5-14-26-39,40-27-15-6-16-28-40)33-37-21-9-3-10-22-37)44(47-45)36-49(41-29-17-7-18-30-41,42-31-19-8-20-32-42)34-38-23-11-4-12-24-38/h3-32,43-44H,33-36H2,1-2H3/q+2/t43-,44-/m1/s1. The SMILES string of the molecule is CC1(C)O[C@H](C[P+](Cc2ccccc2)(c2ccccc2)c2ccccc2)[C@@H](C[P+](Cc2ccccc2)(c2ccccc2)c2ccccc2)O1. The van der Waals surface area contributed by atoms with E-state index >= 15 is 0 Å². The molecule has 0 aromatic heterocycles. The summed E-state index contributed by atoms with van der Waals surface area (Å²) in [5.74, 6) is -0.694. The Hall–Kier alpha value is -3.90. The maximum atomic E-state index is 7.09. The van der Waals surface area contributed by atoms with Crippen molar-refractivity contribution in [3.63, 3.8) is 0 Å². The van der Waals surface area contributed by atoms with E-state index < -0.39 is 20.3 Å². The lowest BCUT2D eigenvalue weighted by Crippen LogP contribution is -2.40. The van der Waals surface area contributed by atoms with Gasteiger partial charge in [0.05, 0.1) is 60.4 Å². The van der Waals surface area contributed by atoms with E-state index in [1.54, 1.807) is 0 Å². The summed E-state index contributed by atoms with van der Waals surface area (Å²) in [5, 5.41) is 5.64. The first kappa shape index (κ1) is 33.6. The van der Waals surface area contributed by atoms with Gasteiger partial charge in [-0.3, -0.25) is 0 Å². The summed E-state index contributed by atoms with van der Waals surface area (Å²) < 4.78 is 14.2. The fraction of sp³-hybridized carbons (Fsp3) is 0.200. The summed E-state index contributed by atoms with van der Waals surface area (Å²) in [6.07, 6.45) is 3.57. The number of ether oxygens (including phenoxy) is 2. The first-order chi connectivity index (χ1) is 24.0. The fourth-order valence-corrected chi connectivity index (χ4v) is 16.6. The van der Waals surface area contributed by atoms with Crippen molar-refractivity contribution in [1.29, 1.82) is 0 Å². The smallest absolute Gasteiger partial charge is 0.164 e. The highest BCUT2D eigenvalue weighted by atomic mass is 31.2. The number of hydrogen-bond donors (Lipinski definition) is 0. The summed E-state index contributed by atoms with van der Waals surface area (Å²) in [6.45, 7) is 4.20. The lowest BCUT2D eigenvalue weighted by molar-refractivity contribution is -0.142. The highest BCUT2D eigenvalue weighted by Gasteiger charge is 2.56. The molecule has 0 saturated carbocycles. The largest absolute Gasteiger partial charge is 0.341 e. The summed E-state index contributed by atoms with van der Waals surface area (Å²) in [4.78, 5) is 0. The number of hydrogen-bond acceptors (Lipinski definition) is 2. The zero-order valence-corrected chi connectivity index (χ0v) is 30.3. The molecule has 2 atom stereocenters. The van der Waals surface area contributed by atoms with Gasteiger partial charge < -0.3 is 9.47 Å². The van der Waals surface area contributed by atoms with Crippen molar-refractivity contribution < 1.29 is 9.47 Å². The molecule has 0 spiro atoms. The van der Waals surface area contributed by atoms with Crippen LogP contribution in [-0.4, -0.2) is 30.3 Å². The normalized spacial score (nSPS) is 17.5. The van der Waals surface area contributed by atoms with Crippen molar-refractivity contribution in [3.8, 4) is 0 Å². The molecule has 6 aromatic rings. The van der Waals surface area contributed by atoms with Crippen LogP contribution in [0.5, 0.6) is 0 Å². The Morgan fingerprint density at radius 2 is 0.633 bits per heavy atom. The van der Waals surface area contributed by atoms with Crippen LogP contribution in [0, 0.1) is 0 Å². The lowest BCUT2D eigenvalue weighted by atomic mass is 10.2. The second-order valence-corrected chi connectivity index (χ2v) is 20.9. The van der Waals surface area contributed by atoms with Crippen LogP contribution in [0.15, 0.2) is 182 Å². The van der Waals surface area contributed by atoms with Gasteiger partial charge in [-0.2, -0.15) is 0 Å². The van der Waals surface area contributed by atoms with Gasteiger partial charge >= 0.3 is 0 Å². The quantitative estimate of drug-likeness (QED) is 0.120. The molecule has 7 rings (SSSR count). The van der Waals surface area contributed by atoms with Crippen LogP contribution >= 0.6 is 14.5 Å². The van der Waals surface area contributed by atoms with Crippen molar-refractivity contribution >= 4 is 35.7 Å². The van der Waals surface area contributed by atoms with Crippen LogP contribution in [0.2, 0.25) is 0 Å². The Balaban J connectivity index is 1.37. The summed E-state index contributed by atoms with van der Waals surface area (Å²) in [7, 11) is -4.07. The van der Waals surface area contributed by atoms with E-state index in [-0.39, 0.29) is 12.2 Å². The lowest BCUT2D eigenvalue weighted by Gasteiger charge is -2.33. The zero-order valence-electron chi connectivity index (χ0n) is 28.5. The Morgan fingerprint density at radius 3 is 0.898 bits per heavy atom. The van der Waals surface area contributed by atoms with Gasteiger partial charge in [0.25, 0.3) is 0 Å². The van der Waals surface area contributed by atoms with E-state index in [9.17, 15) is 0 Å². The van der Waals surface area contributed by atoms with Crippen molar-refractivity contribution in [3.05, 3.63) is 193 Å². The van der Waals surface area contributed by atoms with Gasteiger partial charge in [-0.05, 0) is 73.5 Å². The van der Waals surface area contributed by atoms with Gasteiger partial charge in [0, 0.05) is 0 Å². The third kappa shape index (κ3) is 7.50.